The molecule has 2 aromatic carbocycles. The van der Waals surface area contributed by atoms with Crippen LogP contribution in [0.3, 0.4) is 0 Å². The minimum atomic E-state index is -0.425. The van der Waals surface area contributed by atoms with Crippen LogP contribution in [-0.4, -0.2) is 30.7 Å². The number of anilines is 3. The fourth-order valence-corrected chi connectivity index (χ4v) is 6.81. The zero-order valence-corrected chi connectivity index (χ0v) is 19.3. The van der Waals surface area contributed by atoms with Gasteiger partial charge in [-0.25, -0.2) is 0 Å². The minimum absolute atomic E-state index is 0.248. The van der Waals surface area contributed by atoms with Crippen LogP contribution >= 0.6 is 9.19 Å². The Bertz CT molecular complexity index is 941. The van der Waals surface area contributed by atoms with Gasteiger partial charge in [0.15, 0.2) is 0 Å². The van der Waals surface area contributed by atoms with Crippen LogP contribution in [0.5, 0.6) is 0 Å². The van der Waals surface area contributed by atoms with E-state index < -0.39 is 18.2 Å². The molecule has 4 rings (SSSR count). The van der Waals surface area contributed by atoms with Crippen molar-refractivity contribution < 1.29 is 18.2 Å². The van der Waals surface area contributed by atoms with Gasteiger partial charge < -0.3 is 0 Å². The molecule has 0 N–H and O–H groups in total. The van der Waals surface area contributed by atoms with Crippen LogP contribution in [0.15, 0.2) is 36.4 Å². The van der Waals surface area contributed by atoms with Crippen molar-refractivity contribution in [3.8, 4) is 0 Å². The van der Waals surface area contributed by atoms with Crippen molar-refractivity contribution in [3.05, 3.63) is 58.7 Å². The second-order valence-electron chi connectivity index (χ2n) is 7.54. The monoisotopic (exact) mass is 563 g/mol. The first-order valence-corrected chi connectivity index (χ1v) is 12.9. The third-order valence-electron chi connectivity index (χ3n) is 5.32. The first-order valence-electron chi connectivity index (χ1n) is 9.09. The van der Waals surface area contributed by atoms with Gasteiger partial charge in [0.1, 0.15) is 0 Å². The molecule has 2 aliphatic rings. The Hall–Kier alpha value is -1.52. The average Bonchev–Trinajstić information content (AvgIpc) is 2.98. The van der Waals surface area contributed by atoms with E-state index in [1.165, 1.54) is 43.2 Å². The van der Waals surface area contributed by atoms with Crippen molar-refractivity contribution in [3.63, 3.8) is 0 Å². The van der Waals surface area contributed by atoms with Gasteiger partial charge in [-0.3, -0.25) is 0 Å². The van der Waals surface area contributed by atoms with E-state index in [9.17, 15) is 0 Å². The summed E-state index contributed by atoms with van der Waals surface area (Å²) in [6, 6.07) is 11.3. The standard InChI is InChI=1S/C22H25N3.Au.ClH/c1-15-11-16(2)21(17(3)12-15)24-13-19-10-9-18-7-6-8-20(23(4)5)22(18)25(19)14-24;;/h6-12,19H,14H2,1-5H3;;1H/q;-1;/p-1. The summed E-state index contributed by atoms with van der Waals surface area (Å²) in [6.07, 6.45) is 4.57. The molecular formula is C22H25AuClN3-2. The Labute approximate surface area is 174 Å². The van der Waals surface area contributed by atoms with E-state index in [0.29, 0.717) is 0 Å². The van der Waals surface area contributed by atoms with Gasteiger partial charge in [-0.05, 0) is 0 Å². The Kier molecular flexibility index (Phi) is 4.98. The van der Waals surface area contributed by atoms with Crippen molar-refractivity contribution >= 4 is 36.2 Å². The molecule has 1 fully saturated rings. The van der Waals surface area contributed by atoms with E-state index in [0.717, 1.165) is 6.67 Å². The molecule has 2 aromatic rings. The van der Waals surface area contributed by atoms with Crippen LogP contribution in [0.25, 0.3) is 6.08 Å². The van der Waals surface area contributed by atoms with Gasteiger partial charge in [-0.15, -0.1) is 0 Å². The Morgan fingerprint density at radius 2 is 1.78 bits per heavy atom. The molecule has 1 unspecified atom stereocenters. The van der Waals surface area contributed by atoms with E-state index in [1.807, 2.05) is 0 Å². The molecule has 27 heavy (non-hydrogen) atoms. The molecule has 0 saturated carbocycles. The van der Waals surface area contributed by atoms with E-state index in [-0.39, 0.29) is 6.04 Å². The third-order valence-corrected chi connectivity index (χ3v) is 7.93. The first kappa shape index (κ1) is 18.8. The molecule has 0 aliphatic carbocycles. The molecule has 2 aliphatic heterocycles. The molecule has 1 saturated heterocycles. The number of para-hydroxylation sites is 1. The van der Waals surface area contributed by atoms with Crippen LogP contribution in [0.2, 0.25) is 0 Å². The van der Waals surface area contributed by atoms with Crippen LogP contribution in [0, 0.1) is 20.8 Å². The van der Waals surface area contributed by atoms with Gasteiger partial charge in [-0.2, -0.15) is 0 Å². The number of fused-ring (bicyclic) bond motifs is 3. The molecule has 5 heteroatoms. The molecule has 2 heterocycles. The summed E-state index contributed by atoms with van der Waals surface area (Å²) in [5.41, 5.74) is 9.12. The Balaban J connectivity index is 1.85. The number of rotatable bonds is 2. The summed E-state index contributed by atoms with van der Waals surface area (Å²) >= 11 is -0.425. The van der Waals surface area contributed by atoms with Crippen molar-refractivity contribution in [1.29, 1.82) is 0 Å². The maximum atomic E-state index is 6.59. The van der Waals surface area contributed by atoms with Crippen LogP contribution in [-0.2, 0) is 18.2 Å². The molecule has 0 radical (unpaired) electrons. The number of halogens is 1. The number of benzene rings is 2. The summed E-state index contributed by atoms with van der Waals surface area (Å²) < 4.78 is 1.35. The van der Waals surface area contributed by atoms with Crippen molar-refractivity contribution in [2.24, 2.45) is 0 Å². The molecule has 148 valence electrons. The van der Waals surface area contributed by atoms with Crippen LogP contribution in [0.1, 0.15) is 22.3 Å². The van der Waals surface area contributed by atoms with Crippen molar-refractivity contribution in [2.75, 3.05) is 35.5 Å². The van der Waals surface area contributed by atoms with Gasteiger partial charge in [0.25, 0.3) is 0 Å². The zero-order valence-electron chi connectivity index (χ0n) is 16.3. The zero-order chi connectivity index (χ0) is 19.3. The van der Waals surface area contributed by atoms with E-state index >= 15 is 0 Å². The van der Waals surface area contributed by atoms with E-state index in [1.54, 1.807) is 0 Å². The van der Waals surface area contributed by atoms with Crippen LogP contribution in [0.4, 0.5) is 17.1 Å². The fraction of sp³-hybridized carbons (Fsp3) is 0.318. The van der Waals surface area contributed by atoms with Gasteiger partial charge in [0.05, 0.1) is 0 Å². The maximum absolute atomic E-state index is 6.59. The van der Waals surface area contributed by atoms with Gasteiger partial charge in [-0.1, -0.05) is 0 Å². The number of aryl methyl sites for hydroxylation is 3. The first-order chi connectivity index (χ1) is 12.9. The summed E-state index contributed by atoms with van der Waals surface area (Å²) in [5.74, 6) is 0. The van der Waals surface area contributed by atoms with Crippen molar-refractivity contribution in [2.45, 2.75) is 26.8 Å². The van der Waals surface area contributed by atoms with E-state index in [4.69, 9.17) is 9.19 Å². The van der Waals surface area contributed by atoms with Gasteiger partial charge in [0, 0.05) is 0 Å². The summed E-state index contributed by atoms with van der Waals surface area (Å²) in [4.78, 5) is 7.18. The van der Waals surface area contributed by atoms with Crippen molar-refractivity contribution in [1.82, 2.24) is 0 Å². The quantitative estimate of drug-likeness (QED) is 0.490. The van der Waals surface area contributed by atoms with E-state index in [2.05, 4.69) is 92.1 Å². The summed E-state index contributed by atoms with van der Waals surface area (Å²) in [7, 11) is 10.8. The Morgan fingerprint density at radius 3 is 2.41 bits per heavy atom. The summed E-state index contributed by atoms with van der Waals surface area (Å²) in [6.45, 7) is 7.43. The SMILES string of the molecule is Cc1cc(C)c(N2CN3c4c(cccc4N(C)C)C=CC3[C]2=[Au-2][Cl])c(C)c1. The normalized spacial score (nSPS) is 20.1. The number of hydrogen-bond donors (Lipinski definition) is 0. The Morgan fingerprint density at radius 1 is 1.07 bits per heavy atom. The molecule has 0 amide bonds. The topological polar surface area (TPSA) is 9.72 Å². The van der Waals surface area contributed by atoms with Crippen LogP contribution < -0.4 is 14.7 Å². The molecule has 0 spiro atoms. The van der Waals surface area contributed by atoms with Gasteiger partial charge in [0.2, 0.25) is 0 Å². The molecule has 1 atom stereocenters. The molecule has 0 aromatic heterocycles. The second kappa shape index (κ2) is 7.14. The fourth-order valence-electron chi connectivity index (χ4n) is 4.35. The predicted octanol–water partition coefficient (Wildman–Crippen LogP) is 4.72. The summed E-state index contributed by atoms with van der Waals surface area (Å²) in [5, 5.41) is 0. The molecular weight excluding hydrogens is 539 g/mol. The number of hydrogen-bond acceptors (Lipinski definition) is 3. The van der Waals surface area contributed by atoms with Gasteiger partial charge >= 0.3 is 175 Å². The predicted molar refractivity (Wildman–Crippen MR) is 115 cm³/mol. The average molecular weight is 564 g/mol. The number of nitrogens with zero attached hydrogens (tertiary/aromatic N) is 3. The second-order valence-corrected chi connectivity index (χ2v) is 9.99. The molecule has 3 nitrogen and oxygen atoms in total. The molecule has 0 bridgehead atoms. The third kappa shape index (κ3) is 3.07.